The summed E-state index contributed by atoms with van der Waals surface area (Å²) in [6.07, 6.45) is 2.28. The summed E-state index contributed by atoms with van der Waals surface area (Å²) in [4.78, 5) is 37.0. The number of hydrogen-bond acceptors (Lipinski definition) is 6. The minimum atomic E-state index is -0.674. The molecule has 0 radical (unpaired) electrons. The number of ether oxygens (including phenoxy) is 2. The van der Waals surface area contributed by atoms with Gasteiger partial charge in [0.15, 0.2) is 6.61 Å². The van der Waals surface area contributed by atoms with E-state index < -0.39 is 24.4 Å². The lowest BCUT2D eigenvalue weighted by Crippen LogP contribution is -2.34. The van der Waals surface area contributed by atoms with Gasteiger partial charge < -0.3 is 9.47 Å². The summed E-state index contributed by atoms with van der Waals surface area (Å²) < 4.78 is 10.7. The fourth-order valence-electron chi connectivity index (χ4n) is 2.75. The summed E-state index contributed by atoms with van der Waals surface area (Å²) in [7, 11) is 0. The lowest BCUT2D eigenvalue weighted by atomic mass is 10.2. The fraction of sp³-hybridized carbons (Fsp3) is 0.286. The smallest absolute Gasteiger partial charge is 0.339 e. The number of imide groups is 1. The molecule has 0 unspecified atom stereocenters. The number of thioether (sulfide) groups is 1. The maximum atomic E-state index is 12.4. The molecule has 1 aliphatic heterocycles. The first kappa shape index (κ1) is 20.1. The van der Waals surface area contributed by atoms with E-state index in [0.29, 0.717) is 11.1 Å². The minimum absolute atomic E-state index is 0.198. The minimum Gasteiger partial charge on any atom is -0.452 e. The zero-order valence-electron chi connectivity index (χ0n) is 15.3. The van der Waals surface area contributed by atoms with E-state index in [-0.39, 0.29) is 6.10 Å². The summed E-state index contributed by atoms with van der Waals surface area (Å²) in [5, 5.41) is 2.20. The van der Waals surface area contributed by atoms with Crippen LogP contribution in [0.1, 0.15) is 33.6 Å². The number of hydrogen-bond donors (Lipinski definition) is 1. The molecule has 2 aromatic rings. The molecule has 7 heteroatoms. The molecule has 0 aliphatic carbocycles. The Hall–Kier alpha value is -2.64. The number of carbonyl (C=O) groups is 3. The number of carbonyl (C=O) groups excluding carboxylic acids is 3. The van der Waals surface area contributed by atoms with Crippen molar-refractivity contribution in [3.8, 4) is 0 Å². The van der Waals surface area contributed by atoms with Crippen LogP contribution >= 0.6 is 11.8 Å². The average molecular weight is 399 g/mol. The van der Waals surface area contributed by atoms with Crippen LogP contribution in [0.25, 0.3) is 0 Å². The van der Waals surface area contributed by atoms with Crippen LogP contribution in [0, 0.1) is 0 Å². The lowest BCUT2D eigenvalue weighted by molar-refractivity contribution is -0.123. The van der Waals surface area contributed by atoms with Gasteiger partial charge >= 0.3 is 5.97 Å². The summed E-state index contributed by atoms with van der Waals surface area (Å²) >= 11 is 1.53. The van der Waals surface area contributed by atoms with Crippen LogP contribution in [0.3, 0.4) is 0 Å². The predicted octanol–water partition coefficient (Wildman–Crippen LogP) is 3.07. The second-order valence-electron chi connectivity index (χ2n) is 6.26. The van der Waals surface area contributed by atoms with E-state index in [4.69, 9.17) is 9.47 Å². The molecular weight excluding hydrogens is 378 g/mol. The topological polar surface area (TPSA) is 81.7 Å². The molecule has 3 rings (SSSR count). The normalized spacial score (nSPS) is 15.8. The zero-order chi connectivity index (χ0) is 19.8. The van der Waals surface area contributed by atoms with Crippen LogP contribution in [0.2, 0.25) is 0 Å². The first-order chi connectivity index (χ1) is 13.6. The maximum Gasteiger partial charge on any atom is 0.339 e. The molecule has 1 saturated heterocycles. The van der Waals surface area contributed by atoms with Gasteiger partial charge in [-0.05, 0) is 37.1 Å². The average Bonchev–Trinajstić information content (AvgIpc) is 3.25. The number of amides is 2. The van der Waals surface area contributed by atoms with Crippen LogP contribution in [-0.4, -0.2) is 42.9 Å². The van der Waals surface area contributed by atoms with Gasteiger partial charge in [0.2, 0.25) is 0 Å². The van der Waals surface area contributed by atoms with Crippen molar-refractivity contribution >= 4 is 29.5 Å². The second-order valence-corrected chi connectivity index (χ2v) is 7.32. The van der Waals surface area contributed by atoms with E-state index in [1.54, 1.807) is 42.5 Å². The van der Waals surface area contributed by atoms with Gasteiger partial charge in [0.25, 0.3) is 11.8 Å². The highest BCUT2D eigenvalue weighted by molar-refractivity contribution is 7.99. The van der Waals surface area contributed by atoms with Gasteiger partial charge in [0, 0.05) is 22.8 Å². The van der Waals surface area contributed by atoms with Gasteiger partial charge in [-0.2, -0.15) is 0 Å². The van der Waals surface area contributed by atoms with Gasteiger partial charge in [-0.3, -0.25) is 14.9 Å². The molecule has 1 atom stereocenters. The SMILES string of the molecule is O=C(COC(=O)c1ccccc1SC[C@H]1CCCO1)NC(=O)c1ccccc1. The Labute approximate surface area is 167 Å². The van der Waals surface area contributed by atoms with E-state index in [1.165, 1.54) is 11.8 Å². The first-order valence-corrected chi connectivity index (χ1v) is 10.0. The van der Waals surface area contributed by atoms with Crippen molar-refractivity contribution in [2.45, 2.75) is 23.8 Å². The van der Waals surface area contributed by atoms with E-state index in [1.807, 2.05) is 12.1 Å². The molecule has 1 fully saturated rings. The third kappa shape index (κ3) is 5.68. The standard InChI is InChI=1S/C21H21NO5S/c23-19(22-20(24)15-7-2-1-3-8-15)13-27-21(25)17-10-4-5-11-18(17)28-14-16-9-6-12-26-16/h1-5,7-8,10-11,16H,6,9,12-14H2,(H,22,23,24)/t16-/m1/s1. The predicted molar refractivity (Wildman–Crippen MR) is 105 cm³/mol. The summed E-state index contributed by atoms with van der Waals surface area (Å²) in [6, 6.07) is 15.4. The lowest BCUT2D eigenvalue weighted by Gasteiger charge is -2.12. The number of benzene rings is 2. The summed E-state index contributed by atoms with van der Waals surface area (Å²) in [6.45, 7) is 0.258. The van der Waals surface area contributed by atoms with E-state index >= 15 is 0 Å². The van der Waals surface area contributed by atoms with Gasteiger partial charge in [-0.25, -0.2) is 4.79 Å². The summed E-state index contributed by atoms with van der Waals surface area (Å²) in [5.74, 6) is -1.05. The Morgan fingerprint density at radius 3 is 2.57 bits per heavy atom. The van der Waals surface area contributed by atoms with Crippen molar-refractivity contribution in [3.05, 3.63) is 65.7 Å². The number of rotatable bonds is 7. The highest BCUT2D eigenvalue weighted by atomic mass is 32.2. The molecule has 0 spiro atoms. The van der Waals surface area contributed by atoms with Crippen LogP contribution < -0.4 is 5.32 Å². The van der Waals surface area contributed by atoms with Crippen LogP contribution in [0.5, 0.6) is 0 Å². The fourth-order valence-corrected chi connectivity index (χ4v) is 3.86. The van der Waals surface area contributed by atoms with Crippen LogP contribution in [0.4, 0.5) is 0 Å². The van der Waals surface area contributed by atoms with Crippen LogP contribution in [0.15, 0.2) is 59.5 Å². The van der Waals surface area contributed by atoms with Crippen molar-refractivity contribution in [1.29, 1.82) is 0 Å². The van der Waals surface area contributed by atoms with E-state index in [2.05, 4.69) is 5.32 Å². The third-order valence-corrected chi connectivity index (χ3v) is 5.38. The largest absolute Gasteiger partial charge is 0.452 e. The first-order valence-electron chi connectivity index (χ1n) is 9.03. The monoisotopic (exact) mass is 399 g/mol. The Balaban J connectivity index is 1.51. The van der Waals surface area contributed by atoms with Crippen molar-refractivity contribution < 1.29 is 23.9 Å². The molecule has 1 aliphatic rings. The molecule has 1 N–H and O–H groups in total. The van der Waals surface area contributed by atoms with Gasteiger partial charge in [0.1, 0.15) is 0 Å². The van der Waals surface area contributed by atoms with Crippen molar-refractivity contribution in [3.63, 3.8) is 0 Å². The zero-order valence-corrected chi connectivity index (χ0v) is 16.1. The quantitative estimate of drug-likeness (QED) is 0.569. The molecule has 0 saturated carbocycles. The third-order valence-electron chi connectivity index (χ3n) is 4.18. The highest BCUT2D eigenvalue weighted by Gasteiger charge is 2.19. The molecule has 1 heterocycles. The van der Waals surface area contributed by atoms with E-state index in [0.717, 1.165) is 30.1 Å². The Morgan fingerprint density at radius 1 is 1.07 bits per heavy atom. The van der Waals surface area contributed by atoms with Crippen molar-refractivity contribution in [2.75, 3.05) is 19.0 Å². The Bertz CT molecular complexity index is 834. The van der Waals surface area contributed by atoms with Gasteiger partial charge in [-0.1, -0.05) is 30.3 Å². The molecule has 0 bridgehead atoms. The summed E-state index contributed by atoms with van der Waals surface area (Å²) in [5.41, 5.74) is 0.755. The number of esters is 1. The molecule has 146 valence electrons. The molecule has 2 amide bonds. The molecule has 2 aromatic carbocycles. The molecule has 6 nitrogen and oxygen atoms in total. The van der Waals surface area contributed by atoms with Gasteiger partial charge in [-0.15, -0.1) is 11.8 Å². The van der Waals surface area contributed by atoms with Crippen molar-refractivity contribution in [1.82, 2.24) is 5.32 Å². The van der Waals surface area contributed by atoms with Crippen LogP contribution in [-0.2, 0) is 14.3 Å². The maximum absolute atomic E-state index is 12.4. The van der Waals surface area contributed by atoms with Crippen molar-refractivity contribution in [2.24, 2.45) is 0 Å². The Morgan fingerprint density at radius 2 is 1.82 bits per heavy atom. The second kappa shape index (κ2) is 10.1. The molecule has 28 heavy (non-hydrogen) atoms. The highest BCUT2D eigenvalue weighted by Crippen LogP contribution is 2.27. The van der Waals surface area contributed by atoms with E-state index in [9.17, 15) is 14.4 Å². The molecule has 0 aromatic heterocycles. The number of nitrogens with one attached hydrogen (secondary N) is 1. The van der Waals surface area contributed by atoms with Gasteiger partial charge in [0.05, 0.1) is 11.7 Å². The molecular formula is C21H21NO5S. The Kier molecular flexibility index (Phi) is 7.22.